The fourth-order valence-corrected chi connectivity index (χ4v) is 1.91. The van der Waals surface area contributed by atoms with E-state index >= 15 is 0 Å². The second-order valence-electron chi connectivity index (χ2n) is 3.96. The summed E-state index contributed by atoms with van der Waals surface area (Å²) in [6.07, 6.45) is 0.635. The van der Waals surface area contributed by atoms with Crippen molar-refractivity contribution in [2.75, 3.05) is 7.11 Å². The van der Waals surface area contributed by atoms with Crippen molar-refractivity contribution in [3.8, 4) is 5.75 Å². The number of methoxy groups -OCH3 is 1. The Kier molecular flexibility index (Phi) is 3.56. The maximum atomic E-state index is 9.64. The summed E-state index contributed by atoms with van der Waals surface area (Å²) in [5.41, 5.74) is 0.416. The van der Waals surface area contributed by atoms with Gasteiger partial charge < -0.3 is 9.84 Å². The minimum Gasteiger partial charge on any atom is -0.496 e. The van der Waals surface area contributed by atoms with E-state index in [1.807, 2.05) is 18.2 Å². The van der Waals surface area contributed by atoms with E-state index in [1.165, 1.54) is 0 Å². The Labute approximate surface area is 93.0 Å². The van der Waals surface area contributed by atoms with E-state index in [-0.39, 0.29) is 0 Å². The Morgan fingerprint density at radius 2 is 2.07 bits per heavy atom. The van der Waals surface area contributed by atoms with Crippen molar-refractivity contribution in [2.24, 2.45) is 0 Å². The highest BCUT2D eigenvalue weighted by molar-refractivity contribution is 9.10. The average molecular weight is 259 g/mol. The predicted octanol–water partition coefficient (Wildman–Crippen LogP) is 2.77. The zero-order valence-corrected chi connectivity index (χ0v) is 10.3. The zero-order valence-electron chi connectivity index (χ0n) is 8.67. The third-order valence-corrected chi connectivity index (χ3v) is 2.47. The summed E-state index contributed by atoms with van der Waals surface area (Å²) in [4.78, 5) is 0. The standard InChI is InChI=1S/C11H15BrO2/c1-11(2,13)7-8-4-5-10(14-3)9(12)6-8/h4-6,13H,7H2,1-3H3. The zero-order chi connectivity index (χ0) is 10.8. The molecule has 1 aromatic rings. The van der Waals surface area contributed by atoms with Crippen LogP contribution >= 0.6 is 15.9 Å². The van der Waals surface area contributed by atoms with Crippen molar-refractivity contribution < 1.29 is 9.84 Å². The summed E-state index contributed by atoms with van der Waals surface area (Å²) in [6, 6.07) is 5.82. The minimum absolute atomic E-state index is 0.635. The SMILES string of the molecule is COc1ccc(CC(C)(C)O)cc1Br. The molecule has 0 aliphatic carbocycles. The number of hydrogen-bond donors (Lipinski definition) is 1. The summed E-state index contributed by atoms with van der Waals surface area (Å²) in [5.74, 6) is 0.810. The highest BCUT2D eigenvalue weighted by Crippen LogP contribution is 2.26. The molecule has 0 bridgehead atoms. The number of hydrogen-bond acceptors (Lipinski definition) is 2. The van der Waals surface area contributed by atoms with E-state index in [1.54, 1.807) is 21.0 Å². The van der Waals surface area contributed by atoms with Gasteiger partial charge in [-0.25, -0.2) is 0 Å². The van der Waals surface area contributed by atoms with Crippen molar-refractivity contribution in [2.45, 2.75) is 25.9 Å². The van der Waals surface area contributed by atoms with Crippen molar-refractivity contribution in [1.82, 2.24) is 0 Å². The number of aliphatic hydroxyl groups is 1. The number of benzene rings is 1. The summed E-state index contributed by atoms with van der Waals surface area (Å²) >= 11 is 3.41. The summed E-state index contributed by atoms with van der Waals surface area (Å²) in [6.45, 7) is 3.59. The number of ether oxygens (including phenoxy) is 1. The molecule has 1 N–H and O–H groups in total. The molecule has 0 aliphatic rings. The first-order valence-corrected chi connectivity index (χ1v) is 5.26. The summed E-state index contributed by atoms with van der Waals surface area (Å²) in [5, 5.41) is 9.64. The van der Waals surface area contributed by atoms with Crippen LogP contribution in [0.15, 0.2) is 22.7 Å². The van der Waals surface area contributed by atoms with Crippen LogP contribution in [0.4, 0.5) is 0 Å². The van der Waals surface area contributed by atoms with Crippen LogP contribution in [-0.2, 0) is 6.42 Å². The van der Waals surface area contributed by atoms with Gasteiger partial charge in [-0.2, -0.15) is 0 Å². The van der Waals surface area contributed by atoms with E-state index in [2.05, 4.69) is 15.9 Å². The largest absolute Gasteiger partial charge is 0.496 e. The molecule has 0 saturated carbocycles. The normalized spacial score (nSPS) is 11.5. The van der Waals surface area contributed by atoms with Gasteiger partial charge in [0.05, 0.1) is 17.2 Å². The van der Waals surface area contributed by atoms with Gasteiger partial charge in [-0.3, -0.25) is 0 Å². The monoisotopic (exact) mass is 258 g/mol. The van der Waals surface area contributed by atoms with Gasteiger partial charge in [0.1, 0.15) is 5.75 Å². The molecule has 0 saturated heterocycles. The molecule has 0 amide bonds. The Morgan fingerprint density at radius 1 is 1.43 bits per heavy atom. The Balaban J connectivity index is 2.87. The van der Waals surface area contributed by atoms with E-state index in [9.17, 15) is 5.11 Å². The van der Waals surface area contributed by atoms with Crippen LogP contribution < -0.4 is 4.74 Å². The quantitative estimate of drug-likeness (QED) is 0.904. The fraction of sp³-hybridized carbons (Fsp3) is 0.455. The van der Waals surface area contributed by atoms with E-state index in [0.717, 1.165) is 15.8 Å². The molecule has 0 atom stereocenters. The van der Waals surface area contributed by atoms with E-state index < -0.39 is 5.60 Å². The molecule has 0 heterocycles. The maximum Gasteiger partial charge on any atom is 0.133 e. The third kappa shape index (κ3) is 3.31. The molecule has 1 rings (SSSR count). The van der Waals surface area contributed by atoms with Gasteiger partial charge in [0.2, 0.25) is 0 Å². The molecule has 78 valence electrons. The third-order valence-electron chi connectivity index (χ3n) is 1.85. The first-order chi connectivity index (χ1) is 6.42. The van der Waals surface area contributed by atoms with Crippen LogP contribution in [0.1, 0.15) is 19.4 Å². The van der Waals surface area contributed by atoms with Crippen LogP contribution in [0.25, 0.3) is 0 Å². The molecule has 0 unspecified atom stereocenters. The van der Waals surface area contributed by atoms with Crippen LogP contribution in [-0.4, -0.2) is 17.8 Å². The first kappa shape index (κ1) is 11.5. The van der Waals surface area contributed by atoms with Crippen LogP contribution in [0.2, 0.25) is 0 Å². The fourth-order valence-electron chi connectivity index (χ4n) is 1.32. The van der Waals surface area contributed by atoms with Gasteiger partial charge in [0.25, 0.3) is 0 Å². The molecule has 0 aliphatic heterocycles. The van der Waals surface area contributed by atoms with Crippen molar-refractivity contribution in [1.29, 1.82) is 0 Å². The lowest BCUT2D eigenvalue weighted by atomic mass is 9.99. The molecule has 0 spiro atoms. The van der Waals surface area contributed by atoms with Crippen molar-refractivity contribution in [3.63, 3.8) is 0 Å². The molecule has 3 heteroatoms. The van der Waals surface area contributed by atoms with Gasteiger partial charge in [-0.15, -0.1) is 0 Å². The molecule has 0 radical (unpaired) electrons. The molecule has 14 heavy (non-hydrogen) atoms. The Hall–Kier alpha value is -0.540. The van der Waals surface area contributed by atoms with Gasteiger partial charge in [0, 0.05) is 6.42 Å². The second-order valence-corrected chi connectivity index (χ2v) is 4.81. The molecule has 1 aromatic carbocycles. The van der Waals surface area contributed by atoms with Crippen LogP contribution in [0, 0.1) is 0 Å². The molecule has 2 nitrogen and oxygen atoms in total. The lowest BCUT2D eigenvalue weighted by molar-refractivity contribution is 0.0810. The van der Waals surface area contributed by atoms with Crippen molar-refractivity contribution >= 4 is 15.9 Å². The number of rotatable bonds is 3. The van der Waals surface area contributed by atoms with E-state index in [0.29, 0.717) is 6.42 Å². The molecular formula is C11H15BrO2. The van der Waals surface area contributed by atoms with Crippen LogP contribution in [0.5, 0.6) is 5.75 Å². The number of halogens is 1. The summed E-state index contributed by atoms with van der Waals surface area (Å²) < 4.78 is 6.04. The molecular weight excluding hydrogens is 244 g/mol. The van der Waals surface area contributed by atoms with Gasteiger partial charge in [-0.05, 0) is 47.5 Å². The smallest absolute Gasteiger partial charge is 0.133 e. The van der Waals surface area contributed by atoms with Gasteiger partial charge in [0.15, 0.2) is 0 Å². The topological polar surface area (TPSA) is 29.5 Å². The lowest BCUT2D eigenvalue weighted by Crippen LogP contribution is -2.21. The van der Waals surface area contributed by atoms with Crippen LogP contribution in [0.3, 0.4) is 0 Å². The molecule has 0 fully saturated rings. The second kappa shape index (κ2) is 4.32. The first-order valence-electron chi connectivity index (χ1n) is 4.47. The highest BCUT2D eigenvalue weighted by atomic mass is 79.9. The minimum atomic E-state index is -0.673. The lowest BCUT2D eigenvalue weighted by Gasteiger charge is -2.17. The Morgan fingerprint density at radius 3 is 2.50 bits per heavy atom. The average Bonchev–Trinajstić information content (AvgIpc) is 2.01. The van der Waals surface area contributed by atoms with Gasteiger partial charge >= 0.3 is 0 Å². The van der Waals surface area contributed by atoms with Gasteiger partial charge in [-0.1, -0.05) is 6.07 Å². The van der Waals surface area contributed by atoms with Crippen molar-refractivity contribution in [3.05, 3.63) is 28.2 Å². The summed E-state index contributed by atoms with van der Waals surface area (Å²) in [7, 11) is 1.63. The predicted molar refractivity (Wildman–Crippen MR) is 60.7 cm³/mol. The maximum absolute atomic E-state index is 9.64. The Bertz CT molecular complexity index is 316. The van der Waals surface area contributed by atoms with E-state index in [4.69, 9.17) is 4.74 Å². The highest BCUT2D eigenvalue weighted by Gasteiger charge is 2.14. The molecule has 0 aromatic heterocycles.